The van der Waals surface area contributed by atoms with Crippen molar-refractivity contribution >= 4 is 12.0 Å². The van der Waals surface area contributed by atoms with Crippen LogP contribution in [-0.4, -0.2) is 53.1 Å². The van der Waals surface area contributed by atoms with Crippen molar-refractivity contribution in [1.82, 2.24) is 9.80 Å². The Hall–Kier alpha value is -1.26. The van der Waals surface area contributed by atoms with Crippen LogP contribution in [0.3, 0.4) is 0 Å². The summed E-state index contributed by atoms with van der Waals surface area (Å²) in [5, 5.41) is 9.28. The number of carboxylic acid groups (broad SMARTS) is 1. The van der Waals surface area contributed by atoms with Crippen molar-refractivity contribution in [3.63, 3.8) is 0 Å². The molecule has 0 aromatic rings. The van der Waals surface area contributed by atoms with Gasteiger partial charge in [0.25, 0.3) is 0 Å². The van der Waals surface area contributed by atoms with E-state index < -0.39 is 12.0 Å². The number of urea groups is 1. The lowest BCUT2D eigenvalue weighted by atomic mass is 9.92. The van der Waals surface area contributed by atoms with Gasteiger partial charge in [-0.3, -0.25) is 0 Å². The second-order valence-corrected chi connectivity index (χ2v) is 6.31. The van der Waals surface area contributed by atoms with Crippen molar-refractivity contribution in [3.8, 4) is 0 Å². The normalized spacial score (nSPS) is 33.9. The maximum absolute atomic E-state index is 12.4. The zero-order valence-corrected chi connectivity index (χ0v) is 12.0. The zero-order valence-electron chi connectivity index (χ0n) is 12.0. The first-order valence-corrected chi connectivity index (χ1v) is 7.14. The molecular weight excluding hydrogens is 244 g/mol. The number of likely N-dealkylation sites (tertiary alicyclic amines) is 1. The minimum atomic E-state index is -0.881. The SMILES string of the molecule is CC1CCN(C(=O)N(C)CC2CC2C)C(C(=O)O)C1. The van der Waals surface area contributed by atoms with E-state index in [2.05, 4.69) is 6.92 Å². The maximum atomic E-state index is 12.4. The molecule has 4 atom stereocenters. The number of carboxylic acids is 1. The summed E-state index contributed by atoms with van der Waals surface area (Å²) in [7, 11) is 1.78. The fraction of sp³-hybridized carbons (Fsp3) is 0.857. The minimum absolute atomic E-state index is 0.126. The highest BCUT2D eigenvalue weighted by Gasteiger charge is 2.39. The Labute approximate surface area is 114 Å². The van der Waals surface area contributed by atoms with Crippen molar-refractivity contribution in [3.05, 3.63) is 0 Å². The van der Waals surface area contributed by atoms with Gasteiger partial charge in [0.15, 0.2) is 0 Å². The number of rotatable bonds is 3. The van der Waals surface area contributed by atoms with Crippen LogP contribution in [0, 0.1) is 17.8 Å². The smallest absolute Gasteiger partial charge is 0.326 e. The molecule has 2 fully saturated rings. The van der Waals surface area contributed by atoms with Crippen molar-refractivity contribution < 1.29 is 14.7 Å². The maximum Gasteiger partial charge on any atom is 0.326 e. The van der Waals surface area contributed by atoms with Gasteiger partial charge in [0.2, 0.25) is 0 Å². The molecule has 1 aliphatic heterocycles. The average molecular weight is 268 g/mol. The quantitative estimate of drug-likeness (QED) is 0.850. The van der Waals surface area contributed by atoms with Gasteiger partial charge in [-0.25, -0.2) is 9.59 Å². The Morgan fingerprint density at radius 1 is 1.32 bits per heavy atom. The minimum Gasteiger partial charge on any atom is -0.480 e. The molecule has 0 radical (unpaired) electrons. The summed E-state index contributed by atoms with van der Waals surface area (Å²) >= 11 is 0. The number of carbonyl (C=O) groups excluding carboxylic acids is 1. The summed E-state index contributed by atoms with van der Waals surface area (Å²) < 4.78 is 0. The molecule has 1 aliphatic carbocycles. The van der Waals surface area contributed by atoms with Crippen LogP contribution in [0.15, 0.2) is 0 Å². The van der Waals surface area contributed by atoms with Crippen molar-refractivity contribution in [1.29, 1.82) is 0 Å². The van der Waals surface area contributed by atoms with Gasteiger partial charge in [-0.05, 0) is 37.0 Å². The van der Waals surface area contributed by atoms with Crippen LogP contribution in [0.25, 0.3) is 0 Å². The molecule has 0 bridgehead atoms. The highest BCUT2D eigenvalue weighted by atomic mass is 16.4. The van der Waals surface area contributed by atoms with Gasteiger partial charge in [-0.15, -0.1) is 0 Å². The highest BCUT2D eigenvalue weighted by Crippen LogP contribution is 2.38. The Morgan fingerprint density at radius 3 is 2.47 bits per heavy atom. The molecule has 1 N–H and O–H groups in total. The predicted molar refractivity (Wildman–Crippen MR) is 71.8 cm³/mol. The van der Waals surface area contributed by atoms with Crippen LogP contribution >= 0.6 is 0 Å². The summed E-state index contributed by atoms with van der Waals surface area (Å²) in [6.45, 7) is 5.54. The Morgan fingerprint density at radius 2 is 1.95 bits per heavy atom. The molecule has 1 saturated carbocycles. The van der Waals surface area contributed by atoms with Crippen LogP contribution in [0.1, 0.15) is 33.1 Å². The molecule has 108 valence electrons. The van der Waals surface area contributed by atoms with Crippen molar-refractivity contribution in [2.75, 3.05) is 20.1 Å². The third-order valence-electron chi connectivity index (χ3n) is 4.51. The predicted octanol–water partition coefficient (Wildman–Crippen LogP) is 1.88. The van der Waals surface area contributed by atoms with E-state index in [1.165, 1.54) is 11.3 Å². The monoisotopic (exact) mass is 268 g/mol. The number of nitrogens with zero attached hydrogens (tertiary/aromatic N) is 2. The molecule has 2 aliphatic rings. The van der Waals surface area contributed by atoms with E-state index in [4.69, 9.17) is 0 Å². The largest absolute Gasteiger partial charge is 0.480 e. The summed E-state index contributed by atoms with van der Waals surface area (Å²) in [5.41, 5.74) is 0. The number of hydrogen-bond donors (Lipinski definition) is 1. The standard InChI is InChI=1S/C14H24N2O3/c1-9-4-5-16(12(6-9)13(17)18)14(19)15(3)8-11-7-10(11)2/h9-12H,4-8H2,1-3H3,(H,17,18). The van der Waals surface area contributed by atoms with Gasteiger partial charge >= 0.3 is 12.0 Å². The van der Waals surface area contributed by atoms with Gasteiger partial charge in [0.1, 0.15) is 6.04 Å². The Kier molecular flexibility index (Phi) is 4.02. The van der Waals surface area contributed by atoms with E-state index in [0.29, 0.717) is 30.7 Å². The topological polar surface area (TPSA) is 60.9 Å². The molecule has 2 amide bonds. The Balaban J connectivity index is 1.97. The average Bonchev–Trinajstić information content (AvgIpc) is 3.03. The van der Waals surface area contributed by atoms with Gasteiger partial charge in [-0.1, -0.05) is 13.8 Å². The molecule has 0 aromatic heterocycles. The number of aliphatic carboxylic acids is 1. The van der Waals surface area contributed by atoms with E-state index >= 15 is 0 Å². The molecule has 0 aromatic carbocycles. The lowest BCUT2D eigenvalue weighted by Crippen LogP contribution is -2.53. The lowest BCUT2D eigenvalue weighted by Gasteiger charge is -2.38. The van der Waals surface area contributed by atoms with E-state index in [1.807, 2.05) is 6.92 Å². The number of piperidine rings is 1. The van der Waals surface area contributed by atoms with Gasteiger partial charge in [0.05, 0.1) is 0 Å². The second-order valence-electron chi connectivity index (χ2n) is 6.31. The first kappa shape index (κ1) is 14.2. The lowest BCUT2D eigenvalue weighted by molar-refractivity contribution is -0.144. The summed E-state index contributed by atoms with van der Waals surface area (Å²) in [6.07, 6.45) is 2.63. The molecule has 1 saturated heterocycles. The fourth-order valence-electron chi connectivity index (χ4n) is 2.91. The number of amides is 2. The highest BCUT2D eigenvalue weighted by molar-refractivity contribution is 5.82. The van der Waals surface area contributed by atoms with Gasteiger partial charge < -0.3 is 14.9 Å². The fourth-order valence-corrected chi connectivity index (χ4v) is 2.91. The molecule has 4 unspecified atom stereocenters. The van der Waals surface area contributed by atoms with Crippen LogP contribution in [-0.2, 0) is 4.79 Å². The van der Waals surface area contributed by atoms with E-state index in [1.54, 1.807) is 11.9 Å². The third kappa shape index (κ3) is 3.19. The van der Waals surface area contributed by atoms with E-state index in [-0.39, 0.29) is 6.03 Å². The van der Waals surface area contributed by atoms with E-state index in [9.17, 15) is 14.7 Å². The Bertz CT molecular complexity index is 372. The second kappa shape index (κ2) is 5.39. The molecule has 19 heavy (non-hydrogen) atoms. The molecule has 2 rings (SSSR count). The third-order valence-corrected chi connectivity index (χ3v) is 4.51. The molecule has 5 heteroatoms. The molecule has 5 nitrogen and oxygen atoms in total. The van der Waals surface area contributed by atoms with E-state index in [0.717, 1.165) is 13.0 Å². The van der Waals surface area contributed by atoms with Crippen LogP contribution in [0.5, 0.6) is 0 Å². The van der Waals surface area contributed by atoms with Crippen LogP contribution < -0.4 is 0 Å². The van der Waals surface area contributed by atoms with Crippen molar-refractivity contribution in [2.24, 2.45) is 17.8 Å². The zero-order chi connectivity index (χ0) is 14.2. The first-order chi connectivity index (χ1) is 8.90. The number of hydrogen-bond acceptors (Lipinski definition) is 2. The summed E-state index contributed by atoms with van der Waals surface area (Å²) in [5.74, 6) is 0.792. The van der Waals surface area contributed by atoms with Gasteiger partial charge in [-0.2, -0.15) is 0 Å². The van der Waals surface area contributed by atoms with Gasteiger partial charge in [0, 0.05) is 20.1 Å². The molecule has 0 spiro atoms. The summed E-state index contributed by atoms with van der Waals surface area (Å²) in [4.78, 5) is 26.9. The molecular formula is C14H24N2O3. The first-order valence-electron chi connectivity index (χ1n) is 7.14. The van der Waals surface area contributed by atoms with Crippen LogP contribution in [0.4, 0.5) is 4.79 Å². The summed E-state index contributed by atoms with van der Waals surface area (Å²) in [6, 6.07) is -0.784. The molecule has 1 heterocycles. The number of carbonyl (C=O) groups is 2. The van der Waals surface area contributed by atoms with Crippen molar-refractivity contribution in [2.45, 2.75) is 39.2 Å². The van der Waals surface area contributed by atoms with Crippen LogP contribution in [0.2, 0.25) is 0 Å².